The molecule has 1 rings (SSSR count). The fraction of sp³-hybridized carbons (Fsp3) is 0.429. The number of amides is 1. The Hall–Kier alpha value is -2.69. The van der Waals surface area contributed by atoms with E-state index in [0.29, 0.717) is 0 Å². The van der Waals surface area contributed by atoms with E-state index in [-0.39, 0.29) is 12.0 Å². The molecule has 0 aliphatic heterocycles. The van der Waals surface area contributed by atoms with Crippen LogP contribution in [0.25, 0.3) is 0 Å². The van der Waals surface area contributed by atoms with Crippen molar-refractivity contribution in [2.75, 3.05) is 0 Å². The fourth-order valence-corrected chi connectivity index (χ4v) is 2.33. The topological polar surface area (TPSA) is 186 Å². The Morgan fingerprint density at radius 2 is 1.93 bits per heavy atom. The number of hydrogen-bond donors (Lipinski definition) is 4. The van der Waals surface area contributed by atoms with Gasteiger partial charge in [-0.15, -0.1) is 0 Å². The van der Waals surface area contributed by atoms with E-state index in [1.165, 1.54) is 6.07 Å². The fourth-order valence-electron chi connectivity index (χ4n) is 1.92. The van der Waals surface area contributed by atoms with Crippen LogP contribution in [0.3, 0.4) is 0 Å². The number of phosphoric ester groups is 1. The summed E-state index contributed by atoms with van der Waals surface area (Å²) in [6, 6.07) is 1.56. The third-order valence-electron chi connectivity index (χ3n) is 2.87. The Bertz CT molecular complexity index is 783. The zero-order valence-corrected chi connectivity index (χ0v) is 15.5. The highest BCUT2D eigenvalue weighted by Crippen LogP contribution is 2.42. The van der Waals surface area contributed by atoms with E-state index in [9.17, 15) is 29.4 Å². The first-order chi connectivity index (χ1) is 12.2. The maximum Gasteiger partial charge on any atom is 0.525 e. The number of nitro groups is 1. The molecule has 12 nitrogen and oxygen atoms in total. The van der Waals surface area contributed by atoms with Crippen molar-refractivity contribution < 1.29 is 43.2 Å². The number of nitrogens with zero attached hydrogens (tertiary/aromatic N) is 1. The first-order valence-electron chi connectivity index (χ1n) is 7.43. The molecule has 0 saturated heterocycles. The molecule has 0 saturated carbocycles. The van der Waals surface area contributed by atoms with Gasteiger partial charge in [0.05, 0.1) is 4.92 Å². The van der Waals surface area contributed by atoms with Gasteiger partial charge in [-0.25, -0.2) is 14.2 Å². The lowest BCUT2D eigenvalue weighted by atomic mass is 10.1. The second kappa shape index (κ2) is 8.33. The highest BCUT2D eigenvalue weighted by molar-refractivity contribution is 7.46. The number of aliphatic carboxylic acids is 1. The number of nitrogens with one attached hydrogen (secondary N) is 1. The van der Waals surface area contributed by atoms with Gasteiger partial charge in [0.15, 0.2) is 0 Å². The maximum absolute atomic E-state index is 11.7. The van der Waals surface area contributed by atoms with Gasteiger partial charge in [0.25, 0.3) is 0 Å². The molecule has 0 fully saturated rings. The van der Waals surface area contributed by atoms with E-state index >= 15 is 0 Å². The SMILES string of the molecule is CC(C)(C)OC(=O)NC(Cc1ccc(OP(=O)(O)O)c([N+](=O)[O-])c1)C(=O)O. The molecule has 0 heterocycles. The molecular weight excluding hydrogens is 387 g/mol. The van der Waals surface area contributed by atoms with Crippen molar-refractivity contribution in [2.24, 2.45) is 0 Å². The third-order valence-corrected chi connectivity index (χ3v) is 3.30. The summed E-state index contributed by atoms with van der Waals surface area (Å²) >= 11 is 0. The average Bonchev–Trinajstić information content (AvgIpc) is 2.44. The average molecular weight is 406 g/mol. The van der Waals surface area contributed by atoms with Gasteiger partial charge in [0.2, 0.25) is 5.75 Å². The Kier molecular flexibility index (Phi) is 6.90. The largest absolute Gasteiger partial charge is 0.525 e. The van der Waals surface area contributed by atoms with Gasteiger partial charge < -0.3 is 19.7 Å². The minimum Gasteiger partial charge on any atom is -0.480 e. The van der Waals surface area contributed by atoms with Crippen LogP contribution in [0.15, 0.2) is 18.2 Å². The van der Waals surface area contributed by atoms with Crippen molar-refractivity contribution in [2.45, 2.75) is 38.8 Å². The number of ether oxygens (including phenoxy) is 1. The number of carboxylic acids is 1. The van der Waals surface area contributed by atoms with Gasteiger partial charge in [-0.3, -0.25) is 19.9 Å². The van der Waals surface area contributed by atoms with Gasteiger partial charge in [-0.1, -0.05) is 6.07 Å². The number of hydrogen-bond acceptors (Lipinski definition) is 7. The molecule has 0 aliphatic carbocycles. The monoisotopic (exact) mass is 406 g/mol. The summed E-state index contributed by atoms with van der Waals surface area (Å²) in [5.41, 5.74) is -1.51. The predicted octanol–water partition coefficient (Wildman–Crippen LogP) is 1.59. The Labute approximate surface area is 153 Å². The lowest BCUT2D eigenvalue weighted by molar-refractivity contribution is -0.385. The molecule has 0 spiro atoms. The van der Waals surface area contributed by atoms with Crippen LogP contribution in [0, 0.1) is 10.1 Å². The zero-order chi connectivity index (χ0) is 21.0. The molecule has 0 radical (unpaired) electrons. The van der Waals surface area contributed by atoms with Gasteiger partial charge >= 0.3 is 25.6 Å². The van der Waals surface area contributed by atoms with Crippen molar-refractivity contribution in [1.82, 2.24) is 5.32 Å². The first kappa shape index (κ1) is 22.4. The predicted molar refractivity (Wildman–Crippen MR) is 90.3 cm³/mol. The molecule has 150 valence electrons. The smallest absolute Gasteiger partial charge is 0.480 e. The summed E-state index contributed by atoms with van der Waals surface area (Å²) in [5.74, 6) is -2.08. The van der Waals surface area contributed by atoms with Crippen LogP contribution < -0.4 is 9.84 Å². The zero-order valence-electron chi connectivity index (χ0n) is 14.6. The number of phosphoric acid groups is 1. The highest BCUT2D eigenvalue weighted by Gasteiger charge is 2.27. The van der Waals surface area contributed by atoms with Crippen LogP contribution in [-0.4, -0.2) is 43.5 Å². The minimum absolute atomic E-state index is 0.114. The summed E-state index contributed by atoms with van der Waals surface area (Å²) in [5, 5.41) is 22.5. The molecule has 1 atom stereocenters. The molecule has 1 aromatic carbocycles. The molecule has 13 heteroatoms. The standard InChI is InChI=1S/C14H19N2O10P/c1-14(2,3)25-13(19)15-9(12(17)18)6-8-4-5-11(26-27(22,23)24)10(7-8)16(20)21/h4-5,7,9H,6H2,1-3H3,(H,15,19)(H,17,18)(H2,22,23,24). The van der Waals surface area contributed by atoms with Crippen molar-refractivity contribution >= 4 is 25.6 Å². The number of carbonyl (C=O) groups is 2. The number of rotatable bonds is 7. The third kappa shape index (κ3) is 8.03. The van der Waals surface area contributed by atoms with E-state index < -0.39 is 47.9 Å². The second-order valence-electron chi connectivity index (χ2n) is 6.38. The van der Waals surface area contributed by atoms with Crippen LogP contribution in [0.1, 0.15) is 26.3 Å². The molecule has 0 aromatic heterocycles. The van der Waals surface area contributed by atoms with Crippen molar-refractivity contribution in [1.29, 1.82) is 0 Å². The van der Waals surface area contributed by atoms with Gasteiger partial charge in [0, 0.05) is 12.5 Å². The quantitative estimate of drug-likeness (QED) is 0.294. The highest BCUT2D eigenvalue weighted by atomic mass is 31.2. The van der Waals surface area contributed by atoms with Crippen LogP contribution in [0.4, 0.5) is 10.5 Å². The number of benzene rings is 1. The Morgan fingerprint density at radius 1 is 1.33 bits per heavy atom. The molecule has 0 aliphatic rings. The molecule has 1 unspecified atom stereocenters. The molecule has 1 amide bonds. The molecular formula is C14H19N2O10P. The summed E-state index contributed by atoms with van der Waals surface area (Å²) in [6.07, 6.45) is -1.32. The minimum atomic E-state index is -5.02. The van der Waals surface area contributed by atoms with Crippen LogP contribution in [0.5, 0.6) is 5.75 Å². The summed E-state index contributed by atoms with van der Waals surface area (Å²) < 4.78 is 20.1. The van der Waals surface area contributed by atoms with E-state index in [2.05, 4.69) is 9.84 Å². The maximum atomic E-state index is 11.7. The molecule has 1 aromatic rings. The van der Waals surface area contributed by atoms with E-state index in [4.69, 9.17) is 14.5 Å². The lowest BCUT2D eigenvalue weighted by Crippen LogP contribution is -2.44. The number of carboxylic acid groups (broad SMARTS) is 1. The van der Waals surface area contributed by atoms with Gasteiger partial charge in [0.1, 0.15) is 11.6 Å². The number of alkyl carbamates (subject to hydrolysis) is 1. The van der Waals surface area contributed by atoms with Crippen LogP contribution in [-0.2, 0) is 20.5 Å². The summed E-state index contributed by atoms with van der Waals surface area (Å²) in [6.45, 7) is 4.77. The summed E-state index contributed by atoms with van der Waals surface area (Å²) in [4.78, 5) is 50.8. The van der Waals surface area contributed by atoms with Crippen LogP contribution in [0.2, 0.25) is 0 Å². The Morgan fingerprint density at radius 3 is 2.37 bits per heavy atom. The first-order valence-corrected chi connectivity index (χ1v) is 8.96. The van der Waals surface area contributed by atoms with Crippen molar-refractivity contribution in [3.63, 3.8) is 0 Å². The van der Waals surface area contributed by atoms with Gasteiger partial charge in [-0.2, -0.15) is 0 Å². The number of carbonyl (C=O) groups excluding carboxylic acids is 1. The van der Waals surface area contributed by atoms with Crippen molar-refractivity contribution in [3.8, 4) is 5.75 Å². The van der Waals surface area contributed by atoms with Gasteiger partial charge in [-0.05, 0) is 32.4 Å². The van der Waals surface area contributed by atoms with Crippen LogP contribution >= 0.6 is 7.82 Å². The van der Waals surface area contributed by atoms with Crippen molar-refractivity contribution in [3.05, 3.63) is 33.9 Å². The lowest BCUT2D eigenvalue weighted by Gasteiger charge is -2.22. The molecule has 4 N–H and O–H groups in total. The van der Waals surface area contributed by atoms with E-state index in [1.807, 2.05) is 0 Å². The molecule has 27 heavy (non-hydrogen) atoms. The van der Waals surface area contributed by atoms with E-state index in [0.717, 1.165) is 12.1 Å². The summed E-state index contributed by atoms with van der Waals surface area (Å²) in [7, 11) is -5.02. The Balaban J connectivity index is 3.04. The number of nitro benzene ring substituents is 1. The second-order valence-corrected chi connectivity index (χ2v) is 7.55. The molecule has 0 bridgehead atoms. The van der Waals surface area contributed by atoms with E-state index in [1.54, 1.807) is 20.8 Å². The normalized spacial score (nSPS) is 12.8.